The number of aliphatic carboxylic acids is 2. The van der Waals surface area contributed by atoms with Crippen molar-refractivity contribution in [1.82, 2.24) is 14.5 Å². The van der Waals surface area contributed by atoms with Crippen molar-refractivity contribution in [2.45, 2.75) is 25.2 Å². The fourth-order valence-corrected chi connectivity index (χ4v) is 2.77. The van der Waals surface area contributed by atoms with Crippen LogP contribution in [0.15, 0.2) is 11.1 Å². The van der Waals surface area contributed by atoms with Crippen molar-refractivity contribution in [3.63, 3.8) is 0 Å². The third-order valence-corrected chi connectivity index (χ3v) is 3.71. The highest BCUT2D eigenvalue weighted by Gasteiger charge is 2.45. The first-order valence-electron chi connectivity index (χ1n) is 6.70. The fraction of sp³-hybridized carbons (Fsp3) is 0.583. The summed E-state index contributed by atoms with van der Waals surface area (Å²) in [6, 6.07) is 0. The average molecular weight is 326 g/mol. The van der Waals surface area contributed by atoms with Crippen LogP contribution in [0.2, 0.25) is 0 Å². The molecule has 1 saturated heterocycles. The maximum atomic E-state index is 11.9. The summed E-state index contributed by atoms with van der Waals surface area (Å²) in [4.78, 5) is 40.8. The molecule has 1 aliphatic rings. The van der Waals surface area contributed by atoms with Crippen LogP contribution in [0.4, 0.5) is 5.95 Å². The summed E-state index contributed by atoms with van der Waals surface area (Å²) in [5, 5.41) is 31.2. The van der Waals surface area contributed by atoms with Crippen molar-refractivity contribution >= 4 is 17.9 Å². The first-order chi connectivity index (χ1) is 10.8. The molecule has 1 aromatic heterocycles. The molecule has 0 bridgehead atoms. The second-order valence-electron chi connectivity index (χ2n) is 5.13. The number of carbonyl (C=O) groups is 2. The number of ether oxygens (including phenoxy) is 1. The second kappa shape index (κ2) is 6.71. The van der Waals surface area contributed by atoms with Gasteiger partial charge >= 0.3 is 5.69 Å². The normalized spacial score (nSPS) is 27.0. The van der Waals surface area contributed by atoms with E-state index in [1.54, 1.807) is 0 Å². The molecule has 0 spiro atoms. The lowest BCUT2D eigenvalue weighted by atomic mass is 9.84. The first kappa shape index (κ1) is 16.8. The number of aliphatic hydroxyl groups excluding tert-OH is 1. The number of nitrogens with zero attached hydrogens (tertiary/aromatic N) is 3. The van der Waals surface area contributed by atoms with Crippen molar-refractivity contribution in [3.8, 4) is 0 Å². The number of nitrogen functional groups attached to an aromatic ring is 1. The molecule has 1 fully saturated rings. The van der Waals surface area contributed by atoms with Gasteiger partial charge in [0.25, 0.3) is 0 Å². The number of hydrogen-bond acceptors (Lipinski definition) is 10. The van der Waals surface area contributed by atoms with E-state index in [0.717, 1.165) is 10.9 Å². The standard InChI is InChI=1S/C12H16N4O7/c13-11-14-4-16(12(22)15-11)10-6(2-9(20)21)5(1-8(18)19)7(3-17)23-10/h4-7,10,17H,1-3H2,(H,18,19)(H,20,21)(H2,13,15,22)/p-2/t5-,6-,7+,10-/m1/s1. The largest absolute Gasteiger partial charge is 0.550 e. The minimum atomic E-state index is -1.45. The molecule has 0 amide bonds. The number of hydrogen-bond donors (Lipinski definition) is 2. The van der Waals surface area contributed by atoms with Crippen molar-refractivity contribution in [2.24, 2.45) is 11.8 Å². The SMILES string of the molecule is Nc1ncn([C@@H]2O[C@@H](CO)[C@H](CC(=O)[O-])[C@H]2CC(=O)[O-])c(=O)n1. The number of aliphatic hydroxyl groups is 1. The highest BCUT2D eigenvalue weighted by atomic mass is 16.5. The molecular weight excluding hydrogens is 312 g/mol. The summed E-state index contributed by atoms with van der Waals surface area (Å²) in [6.07, 6.45) is -2.23. The van der Waals surface area contributed by atoms with Crippen LogP contribution in [0, 0.1) is 11.8 Å². The fourth-order valence-electron chi connectivity index (χ4n) is 2.77. The molecule has 2 heterocycles. The van der Waals surface area contributed by atoms with Gasteiger partial charge in [-0.1, -0.05) is 0 Å². The van der Waals surface area contributed by atoms with Crippen LogP contribution in [0.25, 0.3) is 0 Å². The predicted molar refractivity (Wildman–Crippen MR) is 67.9 cm³/mol. The maximum absolute atomic E-state index is 11.9. The molecule has 23 heavy (non-hydrogen) atoms. The van der Waals surface area contributed by atoms with Gasteiger partial charge < -0.3 is 35.4 Å². The molecule has 11 nitrogen and oxygen atoms in total. The summed E-state index contributed by atoms with van der Waals surface area (Å²) in [7, 11) is 0. The van der Waals surface area contributed by atoms with Gasteiger partial charge in [-0.2, -0.15) is 4.98 Å². The molecule has 2 rings (SSSR count). The molecule has 0 unspecified atom stereocenters. The first-order valence-corrected chi connectivity index (χ1v) is 6.70. The Morgan fingerprint density at radius 3 is 2.43 bits per heavy atom. The van der Waals surface area contributed by atoms with E-state index in [-0.39, 0.29) is 5.95 Å². The molecule has 3 N–H and O–H groups in total. The van der Waals surface area contributed by atoms with Crippen molar-refractivity contribution in [1.29, 1.82) is 0 Å². The molecule has 0 radical (unpaired) electrons. The van der Waals surface area contributed by atoms with Gasteiger partial charge in [-0.05, 0) is 12.8 Å². The van der Waals surface area contributed by atoms with E-state index >= 15 is 0 Å². The molecule has 11 heteroatoms. The molecule has 1 aromatic rings. The van der Waals surface area contributed by atoms with E-state index in [0.29, 0.717) is 0 Å². The van der Waals surface area contributed by atoms with Gasteiger partial charge in [0.05, 0.1) is 12.7 Å². The Hall–Kier alpha value is -2.53. The average Bonchev–Trinajstić information content (AvgIpc) is 2.76. The minimum Gasteiger partial charge on any atom is -0.550 e. The summed E-state index contributed by atoms with van der Waals surface area (Å²) in [5.41, 5.74) is 4.45. The van der Waals surface area contributed by atoms with Gasteiger partial charge in [0.2, 0.25) is 5.95 Å². The summed E-state index contributed by atoms with van der Waals surface area (Å²) in [6.45, 7) is -0.553. The minimum absolute atomic E-state index is 0.273. The maximum Gasteiger partial charge on any atom is 0.354 e. The smallest absolute Gasteiger partial charge is 0.354 e. The van der Waals surface area contributed by atoms with Crippen molar-refractivity contribution < 1.29 is 29.6 Å². The number of rotatable bonds is 6. The Balaban J connectivity index is 2.41. The predicted octanol–water partition coefficient (Wildman–Crippen LogP) is -4.38. The van der Waals surface area contributed by atoms with Crippen LogP contribution < -0.4 is 21.6 Å². The summed E-state index contributed by atoms with van der Waals surface area (Å²) >= 11 is 0. The zero-order valence-corrected chi connectivity index (χ0v) is 11.8. The van der Waals surface area contributed by atoms with Gasteiger partial charge in [-0.3, -0.25) is 4.57 Å². The van der Waals surface area contributed by atoms with Crippen LogP contribution in [0.3, 0.4) is 0 Å². The third-order valence-electron chi connectivity index (χ3n) is 3.71. The molecule has 126 valence electrons. The molecule has 0 aromatic carbocycles. The van der Waals surface area contributed by atoms with E-state index in [4.69, 9.17) is 10.5 Å². The Labute approximate surface area is 129 Å². The van der Waals surface area contributed by atoms with Crippen LogP contribution in [0.1, 0.15) is 19.1 Å². The number of aromatic nitrogens is 3. The summed E-state index contributed by atoms with van der Waals surface area (Å²) < 4.78 is 6.36. The number of nitrogens with two attached hydrogens (primary N) is 1. The molecule has 4 atom stereocenters. The van der Waals surface area contributed by atoms with Gasteiger partial charge in [-0.25, -0.2) is 9.78 Å². The lowest BCUT2D eigenvalue weighted by Gasteiger charge is -2.25. The topological polar surface area (TPSA) is 184 Å². The number of carbonyl (C=O) groups excluding carboxylic acids is 2. The van der Waals surface area contributed by atoms with Gasteiger partial charge in [0.15, 0.2) is 0 Å². The van der Waals surface area contributed by atoms with Gasteiger partial charge in [0.1, 0.15) is 12.6 Å². The van der Waals surface area contributed by atoms with E-state index in [9.17, 15) is 29.7 Å². The lowest BCUT2D eigenvalue weighted by molar-refractivity contribution is -0.311. The van der Waals surface area contributed by atoms with Crippen LogP contribution in [0.5, 0.6) is 0 Å². The molecular formula is C12H14N4O7-2. The van der Waals surface area contributed by atoms with E-state index in [1.807, 2.05) is 0 Å². The Morgan fingerprint density at radius 1 is 1.30 bits per heavy atom. The highest BCUT2D eigenvalue weighted by Crippen LogP contribution is 2.42. The van der Waals surface area contributed by atoms with E-state index < -0.39 is 61.2 Å². The monoisotopic (exact) mass is 326 g/mol. The zero-order chi connectivity index (χ0) is 17.1. The Kier molecular flexibility index (Phi) is 4.91. The van der Waals surface area contributed by atoms with Crippen molar-refractivity contribution in [3.05, 3.63) is 16.8 Å². The van der Waals surface area contributed by atoms with Crippen molar-refractivity contribution in [2.75, 3.05) is 12.3 Å². The Bertz CT molecular complexity index is 661. The van der Waals surface area contributed by atoms with E-state index in [1.165, 1.54) is 0 Å². The van der Waals surface area contributed by atoms with Gasteiger partial charge in [-0.15, -0.1) is 0 Å². The van der Waals surface area contributed by atoms with Crippen LogP contribution in [-0.4, -0.2) is 44.3 Å². The number of carboxylic acids is 2. The molecule has 1 aliphatic heterocycles. The van der Waals surface area contributed by atoms with Crippen LogP contribution in [-0.2, 0) is 14.3 Å². The molecule has 0 saturated carbocycles. The second-order valence-corrected chi connectivity index (χ2v) is 5.13. The molecule has 0 aliphatic carbocycles. The number of carboxylic acid groups (broad SMARTS) is 2. The highest BCUT2D eigenvalue weighted by molar-refractivity contribution is 5.66. The summed E-state index contributed by atoms with van der Waals surface area (Å²) in [5.74, 6) is -4.97. The third kappa shape index (κ3) is 3.63. The Morgan fingerprint density at radius 2 is 1.91 bits per heavy atom. The lowest BCUT2D eigenvalue weighted by Crippen LogP contribution is -2.37. The van der Waals surface area contributed by atoms with Crippen LogP contribution >= 0.6 is 0 Å². The number of anilines is 1. The zero-order valence-electron chi connectivity index (χ0n) is 11.8. The van der Waals surface area contributed by atoms with E-state index in [2.05, 4.69) is 9.97 Å². The quantitative estimate of drug-likeness (QED) is 0.517. The van der Waals surface area contributed by atoms with Gasteiger partial charge in [0, 0.05) is 23.8 Å².